The molecule has 0 aliphatic rings. The normalized spacial score (nSPS) is 12.2. The molecule has 1 atom stereocenters. The molecule has 1 aromatic rings. The Balaban J connectivity index is 2.23. The van der Waals surface area contributed by atoms with Crippen LogP contribution in [-0.4, -0.2) is 63.2 Å². The minimum absolute atomic E-state index is 0.309. The van der Waals surface area contributed by atoms with Crippen LogP contribution in [0.25, 0.3) is 0 Å². The first-order chi connectivity index (χ1) is 10.2. The number of nitrogens with zero attached hydrogens (tertiary/aromatic N) is 1. The van der Waals surface area contributed by atoms with Gasteiger partial charge in [-0.25, -0.2) is 0 Å². The third kappa shape index (κ3) is 7.13. The van der Waals surface area contributed by atoms with Crippen molar-refractivity contribution < 1.29 is 19.3 Å². The van der Waals surface area contributed by atoms with Crippen LogP contribution in [0.4, 0.5) is 0 Å². The second kappa shape index (κ2) is 10.2. The summed E-state index contributed by atoms with van der Waals surface area (Å²) in [7, 11) is 3.55. The second-order valence-electron chi connectivity index (χ2n) is 4.74. The molecule has 118 valence electrons. The van der Waals surface area contributed by atoms with E-state index in [9.17, 15) is 5.11 Å². The lowest BCUT2D eigenvalue weighted by Crippen LogP contribution is -2.34. The number of aliphatic hydroxyl groups excluding tert-OH is 1. The van der Waals surface area contributed by atoms with Gasteiger partial charge in [0.05, 0.1) is 26.4 Å². The highest BCUT2D eigenvalue weighted by molar-refractivity contribution is 5.39. The largest absolute Gasteiger partial charge is 0.493 e. The monoisotopic (exact) mass is 295 g/mol. The molecule has 0 spiro atoms. The van der Waals surface area contributed by atoms with E-state index in [4.69, 9.17) is 14.2 Å². The summed E-state index contributed by atoms with van der Waals surface area (Å²) in [5.74, 6) is 1.45. The van der Waals surface area contributed by atoms with Crippen LogP contribution in [0, 0.1) is 0 Å². The number of aliphatic hydroxyl groups is 1. The zero-order chi connectivity index (χ0) is 15.5. The number of likely N-dealkylation sites (N-methyl/N-ethyl adjacent to an activating group) is 1. The van der Waals surface area contributed by atoms with Gasteiger partial charge in [0.1, 0.15) is 6.61 Å². The van der Waals surface area contributed by atoms with Gasteiger partial charge in [0.2, 0.25) is 0 Å². The SMILES string of the molecule is C=CCOC[C@@H](O)CN(C)CCOc1ccccc1OC. The third-order valence-corrected chi connectivity index (χ3v) is 2.87. The molecule has 5 nitrogen and oxygen atoms in total. The van der Waals surface area contributed by atoms with Gasteiger partial charge in [-0.2, -0.15) is 0 Å². The molecule has 0 aromatic heterocycles. The Morgan fingerprint density at radius 2 is 2.05 bits per heavy atom. The number of para-hydroxylation sites is 2. The van der Waals surface area contributed by atoms with Crippen molar-refractivity contribution in [1.29, 1.82) is 0 Å². The fraction of sp³-hybridized carbons (Fsp3) is 0.500. The van der Waals surface area contributed by atoms with Crippen LogP contribution in [0.5, 0.6) is 11.5 Å². The maximum absolute atomic E-state index is 9.78. The zero-order valence-corrected chi connectivity index (χ0v) is 12.8. The van der Waals surface area contributed by atoms with Gasteiger partial charge in [0.15, 0.2) is 11.5 Å². The van der Waals surface area contributed by atoms with E-state index in [-0.39, 0.29) is 0 Å². The Bertz CT molecular complexity index is 411. The molecule has 0 aliphatic heterocycles. The molecule has 0 amide bonds. The molecule has 21 heavy (non-hydrogen) atoms. The predicted molar refractivity (Wildman–Crippen MR) is 83.0 cm³/mol. The average molecular weight is 295 g/mol. The highest BCUT2D eigenvalue weighted by Crippen LogP contribution is 2.25. The predicted octanol–water partition coefficient (Wildman–Crippen LogP) is 1.57. The lowest BCUT2D eigenvalue weighted by atomic mass is 10.3. The number of ether oxygens (including phenoxy) is 3. The molecule has 0 bridgehead atoms. The van der Waals surface area contributed by atoms with Gasteiger partial charge in [-0.15, -0.1) is 6.58 Å². The van der Waals surface area contributed by atoms with E-state index in [0.29, 0.717) is 32.9 Å². The maximum Gasteiger partial charge on any atom is 0.161 e. The standard InChI is InChI=1S/C16H25NO4/c1-4-10-20-13-14(18)12-17(2)9-11-21-16-8-6-5-7-15(16)19-3/h4-8,14,18H,1,9-13H2,2-3H3/t14-/m0/s1. The summed E-state index contributed by atoms with van der Waals surface area (Å²) in [6.07, 6.45) is 1.15. The molecule has 0 fully saturated rings. The Labute approximate surface area is 126 Å². The summed E-state index contributed by atoms with van der Waals surface area (Å²) in [6.45, 7) is 6.09. The quantitative estimate of drug-likeness (QED) is 0.496. The van der Waals surface area contributed by atoms with Gasteiger partial charge >= 0.3 is 0 Å². The van der Waals surface area contributed by atoms with Gasteiger partial charge in [0.25, 0.3) is 0 Å². The number of methoxy groups -OCH3 is 1. The highest BCUT2D eigenvalue weighted by atomic mass is 16.5. The number of benzene rings is 1. The van der Waals surface area contributed by atoms with Gasteiger partial charge < -0.3 is 24.2 Å². The van der Waals surface area contributed by atoms with Crippen LogP contribution in [0.15, 0.2) is 36.9 Å². The Morgan fingerprint density at radius 1 is 1.33 bits per heavy atom. The average Bonchev–Trinajstić information content (AvgIpc) is 2.48. The molecule has 0 saturated carbocycles. The van der Waals surface area contributed by atoms with Gasteiger partial charge in [-0.05, 0) is 19.2 Å². The summed E-state index contributed by atoms with van der Waals surface area (Å²) in [6, 6.07) is 7.54. The smallest absolute Gasteiger partial charge is 0.161 e. The van der Waals surface area contributed by atoms with Crippen LogP contribution < -0.4 is 9.47 Å². The van der Waals surface area contributed by atoms with E-state index < -0.39 is 6.10 Å². The van der Waals surface area contributed by atoms with E-state index in [0.717, 1.165) is 11.5 Å². The lowest BCUT2D eigenvalue weighted by Gasteiger charge is -2.20. The van der Waals surface area contributed by atoms with Crippen molar-refractivity contribution in [2.45, 2.75) is 6.10 Å². The number of rotatable bonds is 11. The van der Waals surface area contributed by atoms with E-state index >= 15 is 0 Å². The number of hydrogen-bond acceptors (Lipinski definition) is 5. The first-order valence-corrected chi connectivity index (χ1v) is 6.98. The number of hydrogen-bond donors (Lipinski definition) is 1. The van der Waals surface area contributed by atoms with E-state index in [1.807, 2.05) is 36.2 Å². The summed E-state index contributed by atoms with van der Waals surface area (Å²) >= 11 is 0. The summed E-state index contributed by atoms with van der Waals surface area (Å²) in [5.41, 5.74) is 0. The summed E-state index contributed by atoms with van der Waals surface area (Å²) < 4.78 is 16.1. The van der Waals surface area contributed by atoms with Crippen LogP contribution in [0.1, 0.15) is 0 Å². The van der Waals surface area contributed by atoms with E-state index in [1.165, 1.54) is 0 Å². The second-order valence-corrected chi connectivity index (χ2v) is 4.74. The van der Waals surface area contributed by atoms with Crippen LogP contribution >= 0.6 is 0 Å². The van der Waals surface area contributed by atoms with Crippen molar-refractivity contribution in [1.82, 2.24) is 4.90 Å². The minimum atomic E-state index is -0.513. The van der Waals surface area contributed by atoms with Gasteiger partial charge in [-0.1, -0.05) is 18.2 Å². The Hall–Kier alpha value is -1.56. The topological polar surface area (TPSA) is 51.2 Å². The van der Waals surface area contributed by atoms with Crippen molar-refractivity contribution in [3.05, 3.63) is 36.9 Å². The molecule has 0 aliphatic carbocycles. The first kappa shape index (κ1) is 17.5. The molecule has 0 radical (unpaired) electrons. The maximum atomic E-state index is 9.78. The zero-order valence-electron chi connectivity index (χ0n) is 12.8. The van der Waals surface area contributed by atoms with Gasteiger partial charge in [0, 0.05) is 13.1 Å². The fourth-order valence-electron chi connectivity index (χ4n) is 1.84. The minimum Gasteiger partial charge on any atom is -0.493 e. The molecule has 5 heteroatoms. The molecule has 0 heterocycles. The fourth-order valence-corrected chi connectivity index (χ4v) is 1.84. The lowest BCUT2D eigenvalue weighted by molar-refractivity contribution is 0.0291. The first-order valence-electron chi connectivity index (χ1n) is 6.98. The molecule has 1 rings (SSSR count). The van der Waals surface area contributed by atoms with Crippen molar-refractivity contribution in [2.75, 3.05) is 47.1 Å². The summed E-state index contributed by atoms with van der Waals surface area (Å²) in [4.78, 5) is 2.00. The van der Waals surface area contributed by atoms with Crippen LogP contribution in [0.3, 0.4) is 0 Å². The molecule has 0 saturated heterocycles. The molecule has 1 aromatic carbocycles. The van der Waals surface area contributed by atoms with Crippen LogP contribution in [0.2, 0.25) is 0 Å². The van der Waals surface area contributed by atoms with Crippen molar-refractivity contribution in [2.24, 2.45) is 0 Å². The van der Waals surface area contributed by atoms with Crippen molar-refractivity contribution in [3.8, 4) is 11.5 Å². The van der Waals surface area contributed by atoms with Crippen molar-refractivity contribution >= 4 is 0 Å². The summed E-state index contributed by atoms with van der Waals surface area (Å²) in [5, 5.41) is 9.78. The third-order valence-electron chi connectivity index (χ3n) is 2.87. The van der Waals surface area contributed by atoms with E-state index in [1.54, 1.807) is 13.2 Å². The molecule has 0 unspecified atom stereocenters. The molecular weight excluding hydrogens is 270 g/mol. The molecule has 1 N–H and O–H groups in total. The van der Waals surface area contributed by atoms with Crippen LogP contribution in [-0.2, 0) is 4.74 Å². The Morgan fingerprint density at radius 3 is 2.71 bits per heavy atom. The van der Waals surface area contributed by atoms with E-state index in [2.05, 4.69) is 6.58 Å². The Kier molecular flexibility index (Phi) is 8.50. The van der Waals surface area contributed by atoms with Gasteiger partial charge in [-0.3, -0.25) is 0 Å². The van der Waals surface area contributed by atoms with Crippen molar-refractivity contribution in [3.63, 3.8) is 0 Å². The molecular formula is C16H25NO4. The highest BCUT2D eigenvalue weighted by Gasteiger charge is 2.09.